The number of fused-ring (bicyclic) bond motifs is 4. The van der Waals surface area contributed by atoms with Crippen LogP contribution in [0.4, 0.5) is 17.6 Å². The fourth-order valence-electron chi connectivity index (χ4n) is 12.9. The van der Waals surface area contributed by atoms with Crippen molar-refractivity contribution in [2.24, 2.45) is 11.5 Å². The number of carboxylic acid groups (broad SMARTS) is 1. The molecule has 0 unspecified atom stereocenters. The number of ketones is 2. The van der Waals surface area contributed by atoms with Gasteiger partial charge in [0.25, 0.3) is 29.5 Å². The van der Waals surface area contributed by atoms with Crippen molar-refractivity contribution in [3.63, 3.8) is 0 Å². The molecule has 23 heteroatoms. The van der Waals surface area contributed by atoms with E-state index in [1.807, 2.05) is 28.0 Å². The second-order valence-corrected chi connectivity index (χ2v) is 25.6. The summed E-state index contributed by atoms with van der Waals surface area (Å²) in [5, 5.41) is 12.1. The number of piperidine rings is 1. The molecule has 0 atom stereocenters. The van der Waals surface area contributed by atoms with Crippen LogP contribution in [0.3, 0.4) is 0 Å². The fourth-order valence-corrected chi connectivity index (χ4v) is 12.9. The lowest BCUT2D eigenvalue weighted by atomic mass is 9.98. The smallest absolute Gasteiger partial charge is 0.335 e. The third-order valence-electron chi connectivity index (χ3n) is 18.4. The largest absolute Gasteiger partial charge is 0.478 e. The quantitative estimate of drug-likeness (QED) is 0.0758. The number of benzene rings is 8. The van der Waals surface area contributed by atoms with Crippen LogP contribution in [-0.2, 0) is 4.74 Å². The third-order valence-corrected chi connectivity index (χ3v) is 18.4. The van der Waals surface area contributed by atoms with Crippen molar-refractivity contribution in [2.45, 2.75) is 46.0 Å². The van der Waals surface area contributed by atoms with Gasteiger partial charge in [0.1, 0.15) is 46.0 Å². The second kappa shape index (κ2) is 32.3. The Balaban J connectivity index is 0.000000133. The molecule has 15 rings (SSSR count). The molecule has 3 saturated heterocycles. The number of carbonyl (C=O) groups is 8. The number of pyridine rings is 4. The van der Waals surface area contributed by atoms with Crippen LogP contribution in [0.25, 0.3) is 88.1 Å². The van der Waals surface area contributed by atoms with Gasteiger partial charge in [-0.05, 0) is 198 Å². The van der Waals surface area contributed by atoms with Crippen molar-refractivity contribution in [2.75, 3.05) is 52.5 Å². The number of ether oxygens (including phenoxy) is 1. The van der Waals surface area contributed by atoms with Crippen LogP contribution < -0.4 is 11.5 Å². The highest BCUT2D eigenvalue weighted by Gasteiger charge is 2.25. The molecule has 7 heterocycles. The molecule has 106 heavy (non-hydrogen) atoms. The van der Waals surface area contributed by atoms with Gasteiger partial charge in [-0.3, -0.25) is 33.6 Å². The van der Waals surface area contributed by atoms with E-state index in [9.17, 15) is 55.9 Å². The van der Waals surface area contributed by atoms with E-state index in [0.29, 0.717) is 98.5 Å². The zero-order valence-electron chi connectivity index (χ0n) is 57.6. The van der Waals surface area contributed by atoms with Crippen LogP contribution >= 0.6 is 0 Å². The first-order valence-electron chi connectivity index (χ1n) is 34.2. The van der Waals surface area contributed by atoms with Crippen LogP contribution in [0.2, 0.25) is 0 Å². The number of morpholine rings is 1. The number of aromatic carboxylic acids is 1. The molecule has 19 nitrogen and oxygen atoms in total. The number of carboxylic acids is 1. The lowest BCUT2D eigenvalue weighted by Crippen LogP contribution is -2.40. The lowest BCUT2D eigenvalue weighted by Gasteiger charge is -2.27. The number of hydrogen-bond acceptors (Lipinski definition) is 13. The minimum absolute atomic E-state index is 0.0000368. The Morgan fingerprint density at radius 2 is 0.594 bits per heavy atom. The zero-order valence-corrected chi connectivity index (χ0v) is 57.6. The topological polar surface area (TPSA) is 279 Å². The van der Waals surface area contributed by atoms with Gasteiger partial charge >= 0.3 is 5.97 Å². The van der Waals surface area contributed by atoms with Gasteiger partial charge in [0.2, 0.25) is 0 Å². The highest BCUT2D eigenvalue weighted by atomic mass is 19.1. The Labute approximate surface area is 605 Å². The molecule has 0 aliphatic carbocycles. The number of halogens is 4. The molecule has 3 aliphatic heterocycles. The third kappa shape index (κ3) is 16.8. The van der Waals surface area contributed by atoms with Gasteiger partial charge < -0.3 is 36.0 Å². The maximum Gasteiger partial charge on any atom is 0.335 e. The molecule has 5 amide bonds. The summed E-state index contributed by atoms with van der Waals surface area (Å²) in [6, 6.07) is 51.0. The number of aromatic nitrogens is 4. The Morgan fingerprint density at radius 1 is 0.340 bits per heavy atom. The van der Waals surface area contributed by atoms with Crippen LogP contribution in [0, 0.1) is 23.3 Å². The zero-order chi connectivity index (χ0) is 74.9. The van der Waals surface area contributed by atoms with Crippen LogP contribution in [0.5, 0.6) is 0 Å². The number of carbonyl (C=O) groups excluding carboxylic acids is 7. The summed E-state index contributed by atoms with van der Waals surface area (Å²) in [5.74, 6) is -4.29. The molecule has 3 fully saturated rings. The molecule has 8 aromatic carbocycles. The van der Waals surface area contributed by atoms with E-state index in [1.54, 1.807) is 114 Å². The summed E-state index contributed by atoms with van der Waals surface area (Å²) < 4.78 is 58.4. The second-order valence-electron chi connectivity index (χ2n) is 25.6. The van der Waals surface area contributed by atoms with Gasteiger partial charge in [-0.25, -0.2) is 42.3 Å². The number of Topliss-reactive ketones (excluding diaryl/α,β-unsaturated/α-hetero) is 2. The first-order chi connectivity index (χ1) is 51.0. The van der Waals surface area contributed by atoms with Crippen LogP contribution in [-0.4, -0.2) is 139 Å². The minimum atomic E-state index is -1.10. The van der Waals surface area contributed by atoms with Crippen molar-refractivity contribution in [3.8, 4) is 44.5 Å². The van der Waals surface area contributed by atoms with Crippen molar-refractivity contribution in [3.05, 3.63) is 262 Å². The standard InChI is InChI=1S/C23H21FN2O2.C22H19FN2O3.C21H18FN3O2.C17H11FN2O3/c1-15(27)21-14-20(16-5-8-18(24)9-6-16)19-10-7-17(13-22(19)25-21)23(28)26-11-3-2-4-12-26;1-14(26)20-13-19(15-2-5-17(23)6-3-15)18-7-4-16(12-21(18)24-20)22(27)25-8-10-28-11-9-25;22-15-6-3-13(4-7-15)17-12-19(20(23)26)24-18-11-14(5-8-16(17)18)21(27)25-9-1-2-10-25;18-11-4-1-9(2-5-11)13-8-15(16(19)21)20-14-7-10(17(22)23)3-6-12(13)14/h5-10,13-14H,2-4,11-12H2,1H3;2-7,12-13H,8-11H2,1H3;3-8,11-12H,1-2,9-10H2,(H2,23,26);1-8H,(H2,19,21)(H,22,23). The molecule has 12 aromatic rings. The molecule has 0 bridgehead atoms. The maximum absolute atomic E-state index is 13.3. The molecule has 534 valence electrons. The van der Waals surface area contributed by atoms with Gasteiger partial charge in [0, 0.05) is 91.4 Å². The lowest BCUT2D eigenvalue weighted by molar-refractivity contribution is 0.0303. The molecule has 5 N–H and O–H groups in total. The number of hydrogen-bond donors (Lipinski definition) is 3. The average Bonchev–Trinajstić information content (AvgIpc) is 0.843. The van der Waals surface area contributed by atoms with Crippen molar-refractivity contribution in [1.82, 2.24) is 34.6 Å². The summed E-state index contributed by atoms with van der Waals surface area (Å²) in [4.78, 5) is 119. The average molecular weight is 1430 g/mol. The van der Waals surface area contributed by atoms with Crippen molar-refractivity contribution in [1.29, 1.82) is 0 Å². The van der Waals surface area contributed by atoms with Gasteiger partial charge in [0.15, 0.2) is 11.6 Å². The highest BCUT2D eigenvalue weighted by Crippen LogP contribution is 2.35. The van der Waals surface area contributed by atoms with E-state index in [-0.39, 0.29) is 69.5 Å². The van der Waals surface area contributed by atoms with Gasteiger partial charge in [0.05, 0.1) is 40.8 Å². The predicted molar refractivity (Wildman–Crippen MR) is 394 cm³/mol. The Morgan fingerprint density at radius 3 is 0.877 bits per heavy atom. The molecule has 4 aromatic heterocycles. The Hall–Kier alpha value is -12.8. The van der Waals surface area contributed by atoms with Crippen LogP contribution in [0.1, 0.15) is 129 Å². The van der Waals surface area contributed by atoms with Crippen molar-refractivity contribution >= 4 is 90.7 Å². The normalized spacial score (nSPS) is 13.4. The molecule has 0 radical (unpaired) electrons. The summed E-state index contributed by atoms with van der Waals surface area (Å²) in [7, 11) is 0. The fraction of sp³-hybridized carbons (Fsp3) is 0.181. The highest BCUT2D eigenvalue weighted by molar-refractivity contribution is 6.08. The summed E-state index contributed by atoms with van der Waals surface area (Å²) in [5.41, 5.74) is 21.1. The van der Waals surface area contributed by atoms with Crippen molar-refractivity contribution < 1.29 is 65.8 Å². The van der Waals surface area contributed by atoms with Gasteiger partial charge in [-0.2, -0.15) is 0 Å². The van der Waals surface area contributed by atoms with E-state index in [2.05, 4.69) is 19.9 Å². The minimum Gasteiger partial charge on any atom is -0.478 e. The van der Waals surface area contributed by atoms with E-state index in [0.717, 1.165) is 102 Å². The molecule has 0 saturated carbocycles. The number of primary amides is 2. The molecular weight excluding hydrogens is 1360 g/mol. The maximum atomic E-state index is 13.3. The van der Waals surface area contributed by atoms with Crippen LogP contribution in [0.15, 0.2) is 194 Å². The first kappa shape index (κ1) is 73.0. The van der Waals surface area contributed by atoms with E-state index in [1.165, 1.54) is 80.6 Å². The number of rotatable bonds is 12. The number of nitrogens with two attached hydrogens (primary N) is 2. The number of amides is 5. The molecule has 3 aliphatic rings. The van der Waals surface area contributed by atoms with E-state index >= 15 is 0 Å². The first-order valence-corrected chi connectivity index (χ1v) is 34.2. The number of nitrogens with zero attached hydrogens (tertiary/aromatic N) is 7. The Kier molecular flexibility index (Phi) is 22.2. The van der Waals surface area contributed by atoms with Gasteiger partial charge in [-0.1, -0.05) is 72.8 Å². The van der Waals surface area contributed by atoms with Gasteiger partial charge in [-0.15, -0.1) is 0 Å². The monoisotopic (exact) mass is 1430 g/mol. The molecular formula is C83H69F4N9O10. The number of likely N-dealkylation sites (tertiary alicyclic amines) is 2. The summed E-state index contributed by atoms with van der Waals surface area (Å²) in [6.07, 6.45) is 5.24. The SMILES string of the molecule is CC(=O)c1cc(-c2ccc(F)cc2)c2ccc(C(=O)N3CCCCC3)cc2n1.CC(=O)c1cc(-c2ccc(F)cc2)c2ccc(C(=O)N3CCOCC3)cc2n1.NC(=O)c1cc(-c2ccc(F)cc2)c2ccc(C(=O)N3CCCC3)cc2n1.NC(=O)c1cc(-c2ccc(F)cc2)c2ccc(C(=O)O)cc2n1. The predicted octanol–water partition coefficient (Wildman–Crippen LogP) is 14.8. The van der Waals surface area contributed by atoms with E-state index in [4.69, 9.17) is 21.3 Å². The summed E-state index contributed by atoms with van der Waals surface area (Å²) in [6.45, 7) is 8.14. The Bertz CT molecular complexity index is 5260. The molecule has 0 spiro atoms. The van der Waals surface area contributed by atoms with E-state index < -0.39 is 17.8 Å². The summed E-state index contributed by atoms with van der Waals surface area (Å²) >= 11 is 0.